The lowest BCUT2D eigenvalue weighted by Gasteiger charge is -2.34. The number of nitrogens with one attached hydrogen (secondary N) is 1. The van der Waals surface area contributed by atoms with E-state index < -0.39 is 28.5 Å². The Bertz CT molecular complexity index is 1660. The van der Waals surface area contributed by atoms with Gasteiger partial charge in [0.2, 0.25) is 11.8 Å². The summed E-state index contributed by atoms with van der Waals surface area (Å²) >= 11 is 3.36. The van der Waals surface area contributed by atoms with Crippen LogP contribution in [0.25, 0.3) is 0 Å². The zero-order chi connectivity index (χ0) is 32.4. The van der Waals surface area contributed by atoms with Crippen LogP contribution in [0.2, 0.25) is 0 Å². The summed E-state index contributed by atoms with van der Waals surface area (Å²) in [6, 6.07) is 29.1. The van der Waals surface area contributed by atoms with Gasteiger partial charge in [-0.15, -0.1) is 0 Å². The number of sulfonamides is 1. The summed E-state index contributed by atoms with van der Waals surface area (Å²) in [5.41, 5.74) is 3.05. The molecule has 0 bridgehead atoms. The topological polar surface area (TPSA) is 96.0 Å². The van der Waals surface area contributed by atoms with Gasteiger partial charge in [-0.2, -0.15) is 0 Å². The van der Waals surface area contributed by atoms with E-state index in [-0.39, 0.29) is 23.8 Å². The Balaban J connectivity index is 1.79. The summed E-state index contributed by atoms with van der Waals surface area (Å²) in [5, 5.41) is 2.88. The highest BCUT2D eigenvalue weighted by Gasteiger charge is 2.34. The number of ether oxygens (including phenoxy) is 1. The molecule has 236 valence electrons. The van der Waals surface area contributed by atoms with Crippen LogP contribution in [0.5, 0.6) is 5.75 Å². The minimum Gasteiger partial charge on any atom is -0.494 e. The zero-order valence-electron chi connectivity index (χ0n) is 25.6. The molecule has 0 aliphatic carbocycles. The van der Waals surface area contributed by atoms with Gasteiger partial charge in [-0.05, 0) is 80.4 Å². The predicted octanol–water partition coefficient (Wildman–Crippen LogP) is 6.13. The van der Waals surface area contributed by atoms with Crippen LogP contribution in [0, 0.1) is 6.92 Å². The lowest BCUT2D eigenvalue weighted by atomic mass is 10.0. The number of carbonyl (C=O) groups is 2. The average molecular weight is 693 g/mol. The number of aryl methyl sites for hydroxylation is 1. The molecule has 0 aliphatic rings. The van der Waals surface area contributed by atoms with Gasteiger partial charge in [0.15, 0.2) is 0 Å². The van der Waals surface area contributed by atoms with Crippen molar-refractivity contribution in [3.63, 3.8) is 0 Å². The number of hydrogen-bond acceptors (Lipinski definition) is 5. The van der Waals surface area contributed by atoms with Crippen molar-refractivity contribution in [3.8, 4) is 5.75 Å². The van der Waals surface area contributed by atoms with Crippen molar-refractivity contribution >= 4 is 43.5 Å². The van der Waals surface area contributed by atoms with Gasteiger partial charge in [0, 0.05) is 24.0 Å². The predicted molar refractivity (Wildman–Crippen MR) is 181 cm³/mol. The Hall–Kier alpha value is -4.15. The molecule has 0 aromatic heterocycles. The van der Waals surface area contributed by atoms with E-state index in [0.717, 1.165) is 25.5 Å². The number of rotatable bonds is 14. The molecular formula is C35H38BrN3O5S. The van der Waals surface area contributed by atoms with E-state index in [9.17, 15) is 18.0 Å². The van der Waals surface area contributed by atoms with Crippen molar-refractivity contribution in [1.29, 1.82) is 0 Å². The van der Waals surface area contributed by atoms with Crippen LogP contribution in [0.15, 0.2) is 112 Å². The molecule has 1 atom stereocenters. The van der Waals surface area contributed by atoms with E-state index >= 15 is 0 Å². The number of nitrogens with zero attached hydrogens (tertiary/aromatic N) is 2. The van der Waals surface area contributed by atoms with Gasteiger partial charge in [-0.25, -0.2) is 8.42 Å². The van der Waals surface area contributed by atoms with Crippen LogP contribution in [-0.4, -0.2) is 50.9 Å². The van der Waals surface area contributed by atoms with E-state index in [1.807, 2.05) is 75.4 Å². The quantitative estimate of drug-likeness (QED) is 0.172. The monoisotopic (exact) mass is 691 g/mol. The third kappa shape index (κ3) is 8.95. The fourth-order valence-corrected chi connectivity index (χ4v) is 6.55. The van der Waals surface area contributed by atoms with Crippen molar-refractivity contribution in [3.05, 3.63) is 124 Å². The second-order valence-electron chi connectivity index (χ2n) is 10.5. The summed E-state index contributed by atoms with van der Waals surface area (Å²) in [6.45, 7) is 6.08. The second kappa shape index (κ2) is 15.7. The molecule has 0 fully saturated rings. The highest BCUT2D eigenvalue weighted by atomic mass is 79.9. The molecule has 4 rings (SSSR count). The molecule has 0 radical (unpaired) electrons. The number of halogens is 1. The van der Waals surface area contributed by atoms with Crippen molar-refractivity contribution in [2.45, 2.75) is 44.7 Å². The fourth-order valence-electron chi connectivity index (χ4n) is 4.87. The molecule has 4 aromatic rings. The normalized spacial score (nSPS) is 11.8. The van der Waals surface area contributed by atoms with E-state index in [1.54, 1.807) is 36.4 Å². The first kappa shape index (κ1) is 33.7. The smallest absolute Gasteiger partial charge is 0.264 e. The maximum atomic E-state index is 14.4. The molecular weight excluding hydrogens is 654 g/mol. The molecule has 0 saturated heterocycles. The van der Waals surface area contributed by atoms with Crippen LogP contribution >= 0.6 is 15.9 Å². The van der Waals surface area contributed by atoms with E-state index in [1.165, 1.54) is 17.0 Å². The van der Waals surface area contributed by atoms with Gasteiger partial charge >= 0.3 is 0 Å². The summed E-state index contributed by atoms with van der Waals surface area (Å²) in [7, 11) is -4.19. The standard InChI is InChI=1S/C35H38BrN3O5S/c1-4-37-35(41)33(23-27-9-7-6-8-10-27)38(24-28-13-11-26(3)12-14-28)34(40)25-39(30-17-19-31(20-18-30)44-5-2)45(42,43)32-21-15-29(36)16-22-32/h6-22,33H,4-5,23-25H2,1-3H3,(H,37,41). The van der Waals surface area contributed by atoms with Crippen LogP contribution in [0.1, 0.15) is 30.5 Å². The zero-order valence-corrected chi connectivity index (χ0v) is 28.1. The Morgan fingerprint density at radius 1 is 0.844 bits per heavy atom. The minimum absolute atomic E-state index is 0.0297. The van der Waals surface area contributed by atoms with Gasteiger partial charge in [0.25, 0.3) is 10.0 Å². The first-order valence-corrected chi connectivity index (χ1v) is 17.0. The van der Waals surface area contributed by atoms with Crippen molar-refractivity contribution in [2.75, 3.05) is 24.0 Å². The van der Waals surface area contributed by atoms with E-state index in [4.69, 9.17) is 4.74 Å². The molecule has 0 heterocycles. The lowest BCUT2D eigenvalue weighted by molar-refractivity contribution is -0.140. The maximum Gasteiger partial charge on any atom is 0.264 e. The van der Waals surface area contributed by atoms with Gasteiger partial charge < -0.3 is 15.0 Å². The Morgan fingerprint density at radius 2 is 1.49 bits per heavy atom. The van der Waals surface area contributed by atoms with Crippen molar-refractivity contribution < 1.29 is 22.7 Å². The molecule has 1 N–H and O–H groups in total. The van der Waals surface area contributed by atoms with Gasteiger partial charge in [-0.3, -0.25) is 13.9 Å². The Kier molecular flexibility index (Phi) is 11.8. The molecule has 0 saturated carbocycles. The summed E-state index contributed by atoms with van der Waals surface area (Å²) in [4.78, 5) is 29.6. The van der Waals surface area contributed by atoms with Crippen LogP contribution in [0.3, 0.4) is 0 Å². The van der Waals surface area contributed by atoms with E-state index in [0.29, 0.717) is 24.6 Å². The minimum atomic E-state index is -4.19. The number of hydrogen-bond donors (Lipinski definition) is 1. The van der Waals surface area contributed by atoms with E-state index in [2.05, 4.69) is 21.2 Å². The van der Waals surface area contributed by atoms with Crippen molar-refractivity contribution in [2.24, 2.45) is 0 Å². The molecule has 45 heavy (non-hydrogen) atoms. The second-order valence-corrected chi connectivity index (χ2v) is 13.3. The van der Waals surface area contributed by atoms with Gasteiger partial charge in [0.05, 0.1) is 17.2 Å². The molecule has 0 aliphatic heterocycles. The van der Waals surface area contributed by atoms with Gasteiger partial charge in [0.1, 0.15) is 18.3 Å². The number of amides is 2. The largest absolute Gasteiger partial charge is 0.494 e. The Labute approximate surface area is 274 Å². The summed E-state index contributed by atoms with van der Waals surface area (Å²) in [5.74, 6) is -0.253. The number of anilines is 1. The highest BCUT2D eigenvalue weighted by Crippen LogP contribution is 2.28. The number of benzene rings is 4. The van der Waals surface area contributed by atoms with Crippen LogP contribution in [0.4, 0.5) is 5.69 Å². The summed E-state index contributed by atoms with van der Waals surface area (Å²) in [6.07, 6.45) is 0.257. The number of carbonyl (C=O) groups excluding carboxylic acids is 2. The molecule has 4 aromatic carbocycles. The van der Waals surface area contributed by atoms with Crippen LogP contribution in [-0.2, 0) is 32.6 Å². The highest BCUT2D eigenvalue weighted by molar-refractivity contribution is 9.10. The third-order valence-corrected chi connectivity index (χ3v) is 9.53. The first-order valence-electron chi connectivity index (χ1n) is 14.8. The molecule has 0 spiro atoms. The van der Waals surface area contributed by atoms with Crippen LogP contribution < -0.4 is 14.4 Å². The Morgan fingerprint density at radius 3 is 2.09 bits per heavy atom. The molecule has 1 unspecified atom stereocenters. The van der Waals surface area contributed by atoms with Crippen molar-refractivity contribution in [1.82, 2.24) is 10.2 Å². The maximum absolute atomic E-state index is 14.4. The molecule has 2 amide bonds. The fraction of sp³-hybridized carbons (Fsp3) is 0.257. The SMILES string of the molecule is CCNC(=O)C(Cc1ccccc1)N(Cc1ccc(C)cc1)C(=O)CN(c1ccc(OCC)cc1)S(=O)(=O)c1ccc(Br)cc1. The molecule has 10 heteroatoms. The average Bonchev–Trinajstić information content (AvgIpc) is 3.03. The lowest BCUT2D eigenvalue weighted by Crippen LogP contribution is -2.53. The van der Waals surface area contributed by atoms with Gasteiger partial charge in [-0.1, -0.05) is 76.1 Å². The molecule has 8 nitrogen and oxygen atoms in total. The number of likely N-dealkylation sites (N-methyl/N-ethyl adjacent to an activating group) is 1. The third-order valence-electron chi connectivity index (χ3n) is 7.21. The summed E-state index contributed by atoms with van der Waals surface area (Å²) < 4.78 is 35.6. The first-order chi connectivity index (χ1) is 21.6.